The number of hydrogen-bond donors (Lipinski definition) is 1. The molecule has 2 aromatic carbocycles. The highest BCUT2D eigenvalue weighted by Gasteiger charge is 2.17. The summed E-state index contributed by atoms with van der Waals surface area (Å²) in [5, 5.41) is 6.85. The summed E-state index contributed by atoms with van der Waals surface area (Å²) in [7, 11) is 1.69. The number of rotatable bonds is 5. The molecule has 0 amide bonds. The average Bonchev–Trinajstić information content (AvgIpc) is 3.33. The molecule has 0 aliphatic carbocycles. The van der Waals surface area contributed by atoms with Crippen LogP contribution in [0.1, 0.15) is 11.4 Å². The zero-order valence-electron chi connectivity index (χ0n) is 14.7. The van der Waals surface area contributed by atoms with Crippen LogP contribution in [-0.2, 0) is 6.54 Å². The molecule has 6 nitrogen and oxygen atoms in total. The Kier molecular flexibility index (Phi) is 4.23. The minimum atomic E-state index is 0.561. The third-order valence-corrected chi connectivity index (χ3v) is 4.35. The van der Waals surface area contributed by atoms with Gasteiger partial charge < -0.3 is 9.30 Å². The highest BCUT2D eigenvalue weighted by Crippen LogP contribution is 2.34. The van der Waals surface area contributed by atoms with Gasteiger partial charge in [0.15, 0.2) is 0 Å². The smallest absolute Gasteiger partial charge is 0.144 e. The first-order chi connectivity index (χ1) is 12.8. The molecule has 6 heteroatoms. The van der Waals surface area contributed by atoms with Crippen LogP contribution in [0.5, 0.6) is 5.75 Å². The second-order valence-corrected chi connectivity index (χ2v) is 6.05. The van der Waals surface area contributed by atoms with E-state index in [9.17, 15) is 0 Å². The van der Waals surface area contributed by atoms with Crippen LogP contribution in [-0.4, -0.2) is 31.8 Å². The zero-order valence-corrected chi connectivity index (χ0v) is 14.7. The van der Waals surface area contributed by atoms with Crippen LogP contribution >= 0.6 is 0 Å². The molecule has 0 saturated heterocycles. The van der Waals surface area contributed by atoms with Gasteiger partial charge in [-0.15, -0.1) is 0 Å². The molecular weight excluding hydrogens is 326 g/mol. The van der Waals surface area contributed by atoms with Gasteiger partial charge >= 0.3 is 0 Å². The van der Waals surface area contributed by atoms with Gasteiger partial charge in [-0.05, 0) is 18.6 Å². The van der Waals surface area contributed by atoms with Crippen LogP contribution < -0.4 is 4.74 Å². The average molecular weight is 345 g/mol. The van der Waals surface area contributed by atoms with Crippen LogP contribution in [0, 0.1) is 6.92 Å². The molecule has 0 atom stereocenters. The van der Waals surface area contributed by atoms with E-state index in [4.69, 9.17) is 4.74 Å². The SMILES string of the molecule is COc1cc(-c2c(-c3ccccc3)ncn2Cc2ncn[nH]2)ccc1C. The van der Waals surface area contributed by atoms with Crippen molar-refractivity contribution in [2.75, 3.05) is 7.11 Å². The summed E-state index contributed by atoms with van der Waals surface area (Å²) in [6.07, 6.45) is 3.35. The Morgan fingerprint density at radius 2 is 1.88 bits per heavy atom. The van der Waals surface area contributed by atoms with Crippen LogP contribution in [0.15, 0.2) is 61.2 Å². The summed E-state index contributed by atoms with van der Waals surface area (Å²) in [5.41, 5.74) is 5.16. The first-order valence-electron chi connectivity index (χ1n) is 8.36. The molecule has 0 aliphatic rings. The standard InChI is InChI=1S/C20H19N5O/c1-14-8-9-16(10-17(14)26-2)20-19(15-6-4-3-5-7-15)22-13-25(20)11-18-21-12-23-24-18/h3-10,12-13H,11H2,1-2H3,(H,21,23,24). The fraction of sp³-hybridized carbons (Fsp3) is 0.150. The molecule has 26 heavy (non-hydrogen) atoms. The van der Waals surface area contributed by atoms with Crippen molar-refractivity contribution in [2.24, 2.45) is 0 Å². The van der Waals surface area contributed by atoms with E-state index in [2.05, 4.69) is 55.1 Å². The lowest BCUT2D eigenvalue weighted by Gasteiger charge is -2.12. The molecule has 0 aliphatic heterocycles. The van der Waals surface area contributed by atoms with E-state index in [0.717, 1.165) is 39.7 Å². The van der Waals surface area contributed by atoms with E-state index in [0.29, 0.717) is 6.54 Å². The van der Waals surface area contributed by atoms with E-state index in [1.54, 1.807) is 7.11 Å². The second-order valence-electron chi connectivity index (χ2n) is 6.05. The third-order valence-electron chi connectivity index (χ3n) is 4.35. The van der Waals surface area contributed by atoms with Crippen LogP contribution in [0.3, 0.4) is 0 Å². The van der Waals surface area contributed by atoms with Gasteiger partial charge in [0.2, 0.25) is 0 Å². The van der Waals surface area contributed by atoms with E-state index in [-0.39, 0.29) is 0 Å². The zero-order chi connectivity index (χ0) is 17.9. The van der Waals surface area contributed by atoms with Gasteiger partial charge in [0.25, 0.3) is 0 Å². The highest BCUT2D eigenvalue weighted by molar-refractivity contribution is 5.79. The maximum Gasteiger partial charge on any atom is 0.144 e. The number of hydrogen-bond acceptors (Lipinski definition) is 4. The van der Waals surface area contributed by atoms with Crippen LogP contribution in [0.25, 0.3) is 22.5 Å². The minimum Gasteiger partial charge on any atom is -0.496 e. The Balaban J connectivity index is 1.88. The van der Waals surface area contributed by atoms with Gasteiger partial charge in [-0.25, -0.2) is 9.97 Å². The van der Waals surface area contributed by atoms with E-state index in [1.807, 2.05) is 31.5 Å². The molecule has 0 bridgehead atoms. The van der Waals surface area contributed by atoms with Crippen LogP contribution in [0.2, 0.25) is 0 Å². The van der Waals surface area contributed by atoms with Crippen molar-refractivity contribution in [3.63, 3.8) is 0 Å². The lowest BCUT2D eigenvalue weighted by Crippen LogP contribution is -2.03. The van der Waals surface area contributed by atoms with E-state index in [1.165, 1.54) is 6.33 Å². The lowest BCUT2D eigenvalue weighted by atomic mass is 10.0. The van der Waals surface area contributed by atoms with Gasteiger partial charge in [-0.3, -0.25) is 5.10 Å². The molecule has 0 fully saturated rings. The number of aromatic amines is 1. The summed E-state index contributed by atoms with van der Waals surface area (Å²) >= 11 is 0. The van der Waals surface area contributed by atoms with Crippen molar-refractivity contribution in [3.05, 3.63) is 72.6 Å². The van der Waals surface area contributed by atoms with Crippen molar-refractivity contribution >= 4 is 0 Å². The van der Waals surface area contributed by atoms with Crippen molar-refractivity contribution in [3.8, 4) is 28.3 Å². The molecule has 0 spiro atoms. The minimum absolute atomic E-state index is 0.561. The first kappa shape index (κ1) is 16.1. The summed E-state index contributed by atoms with van der Waals surface area (Å²) in [6, 6.07) is 16.4. The maximum atomic E-state index is 5.52. The second kappa shape index (κ2) is 6.84. The number of nitrogens with one attached hydrogen (secondary N) is 1. The summed E-state index contributed by atoms with van der Waals surface area (Å²) in [6.45, 7) is 2.60. The lowest BCUT2D eigenvalue weighted by molar-refractivity contribution is 0.412. The fourth-order valence-electron chi connectivity index (χ4n) is 3.05. The number of nitrogens with zero attached hydrogens (tertiary/aromatic N) is 4. The molecule has 2 heterocycles. The van der Waals surface area contributed by atoms with E-state index >= 15 is 0 Å². The normalized spacial score (nSPS) is 10.8. The Labute approximate surface area is 151 Å². The Morgan fingerprint density at radius 3 is 2.62 bits per heavy atom. The van der Waals surface area contributed by atoms with Gasteiger partial charge in [-0.1, -0.05) is 42.5 Å². The predicted molar refractivity (Wildman–Crippen MR) is 99.9 cm³/mol. The molecular formula is C20H19N5O. The van der Waals surface area contributed by atoms with Crippen molar-refractivity contribution in [2.45, 2.75) is 13.5 Å². The van der Waals surface area contributed by atoms with E-state index < -0.39 is 0 Å². The largest absolute Gasteiger partial charge is 0.496 e. The quantitative estimate of drug-likeness (QED) is 0.599. The van der Waals surface area contributed by atoms with Crippen molar-refractivity contribution in [1.82, 2.24) is 24.7 Å². The Bertz CT molecular complexity index is 1010. The number of H-pyrrole nitrogens is 1. The molecule has 130 valence electrons. The number of aryl methyl sites for hydroxylation is 1. The number of benzene rings is 2. The monoisotopic (exact) mass is 345 g/mol. The number of methoxy groups -OCH3 is 1. The summed E-state index contributed by atoms with van der Waals surface area (Å²) < 4.78 is 7.59. The molecule has 1 N–H and O–H groups in total. The van der Waals surface area contributed by atoms with Gasteiger partial charge in [0, 0.05) is 11.1 Å². The number of ether oxygens (including phenoxy) is 1. The Hall–Kier alpha value is -3.41. The van der Waals surface area contributed by atoms with Crippen LogP contribution in [0.4, 0.5) is 0 Å². The first-order valence-corrected chi connectivity index (χ1v) is 8.36. The molecule has 2 aromatic heterocycles. The summed E-state index contributed by atoms with van der Waals surface area (Å²) in [4.78, 5) is 8.92. The third kappa shape index (κ3) is 2.97. The van der Waals surface area contributed by atoms with Gasteiger partial charge in [-0.2, -0.15) is 5.10 Å². The van der Waals surface area contributed by atoms with Gasteiger partial charge in [0.05, 0.1) is 31.4 Å². The van der Waals surface area contributed by atoms with Gasteiger partial charge in [0.1, 0.15) is 17.9 Å². The number of imidazole rings is 1. The Morgan fingerprint density at radius 1 is 1.04 bits per heavy atom. The topological polar surface area (TPSA) is 68.6 Å². The maximum absolute atomic E-state index is 5.52. The van der Waals surface area contributed by atoms with Crippen molar-refractivity contribution in [1.29, 1.82) is 0 Å². The molecule has 4 rings (SSSR count). The number of aromatic nitrogens is 5. The molecule has 0 unspecified atom stereocenters. The molecule has 0 saturated carbocycles. The van der Waals surface area contributed by atoms with Crippen molar-refractivity contribution < 1.29 is 4.74 Å². The molecule has 4 aromatic rings. The fourth-order valence-corrected chi connectivity index (χ4v) is 3.05. The summed E-state index contributed by atoms with van der Waals surface area (Å²) in [5.74, 6) is 1.64. The predicted octanol–water partition coefficient (Wildman–Crippen LogP) is 3.70. The highest BCUT2D eigenvalue weighted by atomic mass is 16.5. The molecule has 0 radical (unpaired) electrons.